The molecule has 0 radical (unpaired) electrons. The highest BCUT2D eigenvalue weighted by Gasteiger charge is 2.74. The molecule has 1 unspecified atom stereocenters. The highest BCUT2D eigenvalue weighted by Crippen LogP contribution is 2.71. The number of fused-ring (bicyclic) bond motifs is 4. The summed E-state index contributed by atoms with van der Waals surface area (Å²) in [4.78, 5) is 33.3. The Morgan fingerprint density at radius 2 is 1.60 bits per heavy atom. The molecule has 63 heavy (non-hydrogen) atoms. The molecule has 1 saturated heterocycles. The van der Waals surface area contributed by atoms with Crippen molar-refractivity contribution < 1.29 is 53.1 Å². The van der Waals surface area contributed by atoms with Crippen molar-refractivity contribution in [1.82, 2.24) is 29.0 Å². The number of morpholine rings is 1. The molecule has 20 heteroatoms. The number of nitrogens with one attached hydrogen (secondary N) is 1. The maximum Gasteiger partial charge on any atom is 0.293 e. The molecule has 6 aromatic rings. The molecule has 2 fully saturated rings. The first-order valence-electron chi connectivity index (χ1n) is 19.6. The van der Waals surface area contributed by atoms with Crippen molar-refractivity contribution in [3.05, 3.63) is 141 Å². The standard InChI is InChI=1S/C43H34F8N6O5S/c1-42-20-33(42)43(50,51)38-36(42)37(39(48)49)54-56(38)21-34(58)52-32(17-22-15-24(44)19-25(45)16-22)40-53-31-18-23(35-29(46)3-2-4-30(35)47)5-10-28(31)41(59)57(40)26-6-8-27(9-7-26)63(60,61)55-11-13-62-14-12-55/h2-10,15-16,18-19,32-33,39H,11-14,17,20-21H2,1H3,(H,52,58)/t32-,33?,42+/m0/s1. The average molecular weight is 899 g/mol. The Kier molecular flexibility index (Phi) is 10.3. The van der Waals surface area contributed by atoms with E-state index in [1.165, 1.54) is 53.7 Å². The van der Waals surface area contributed by atoms with Gasteiger partial charge >= 0.3 is 0 Å². The zero-order chi connectivity index (χ0) is 44.7. The van der Waals surface area contributed by atoms with Crippen LogP contribution >= 0.6 is 0 Å². The first-order chi connectivity index (χ1) is 29.9. The second-order valence-electron chi connectivity index (χ2n) is 15.9. The number of halogens is 8. The van der Waals surface area contributed by atoms with Gasteiger partial charge in [-0.1, -0.05) is 19.1 Å². The minimum atomic E-state index is -4.03. The normalized spacial score (nSPS) is 19.9. The van der Waals surface area contributed by atoms with E-state index in [9.17, 15) is 35.6 Å². The van der Waals surface area contributed by atoms with Crippen LogP contribution in [0.2, 0.25) is 0 Å². The molecule has 2 aliphatic carbocycles. The van der Waals surface area contributed by atoms with Gasteiger partial charge in [0.05, 0.1) is 46.3 Å². The zero-order valence-electron chi connectivity index (χ0n) is 32.9. The molecule has 0 bridgehead atoms. The molecular weight excluding hydrogens is 865 g/mol. The Balaban J connectivity index is 1.19. The van der Waals surface area contributed by atoms with Gasteiger partial charge in [0.2, 0.25) is 15.9 Å². The van der Waals surface area contributed by atoms with Crippen LogP contribution in [0.3, 0.4) is 0 Å². The van der Waals surface area contributed by atoms with Crippen molar-refractivity contribution in [3.8, 4) is 16.8 Å². The van der Waals surface area contributed by atoms with Crippen LogP contribution in [-0.4, -0.2) is 64.3 Å². The Bertz CT molecular complexity index is 2970. The SMILES string of the molecule is C[C@@]12CC1C(F)(F)c1c2c(C(F)F)nn1CC(=O)N[C@@H](Cc1cc(F)cc(F)c1)c1nc2cc(-c3c(F)cccc3F)ccc2c(=O)n1-c1ccc(S(=O)(=O)N2CCOCC2)cc1. The number of hydrogen-bond acceptors (Lipinski definition) is 7. The van der Waals surface area contributed by atoms with Crippen LogP contribution < -0.4 is 10.9 Å². The van der Waals surface area contributed by atoms with Crippen molar-refractivity contribution in [2.24, 2.45) is 5.92 Å². The predicted molar refractivity (Wildman–Crippen MR) is 210 cm³/mol. The maximum absolute atomic E-state index is 15.7. The average Bonchev–Trinajstić information content (AvgIpc) is 3.72. The molecular formula is C43H34F8N6O5S. The lowest BCUT2D eigenvalue weighted by molar-refractivity contribution is -0.123. The summed E-state index contributed by atoms with van der Waals surface area (Å²) in [7, 11) is -4.03. The predicted octanol–water partition coefficient (Wildman–Crippen LogP) is 7.25. The van der Waals surface area contributed by atoms with Gasteiger partial charge in [-0.3, -0.25) is 18.8 Å². The van der Waals surface area contributed by atoms with Gasteiger partial charge in [-0.25, -0.2) is 39.7 Å². The number of rotatable bonds is 11. The van der Waals surface area contributed by atoms with Gasteiger partial charge in [-0.2, -0.15) is 18.2 Å². The molecule has 0 spiro atoms. The number of ether oxygens (including phenoxy) is 1. The zero-order valence-corrected chi connectivity index (χ0v) is 33.7. The van der Waals surface area contributed by atoms with Gasteiger partial charge in [0.15, 0.2) is 0 Å². The van der Waals surface area contributed by atoms with Crippen molar-refractivity contribution in [2.75, 3.05) is 26.3 Å². The maximum atomic E-state index is 15.7. The molecule has 2 aromatic heterocycles. The molecule has 9 rings (SSSR count). The number of aromatic nitrogens is 4. The topological polar surface area (TPSA) is 128 Å². The number of sulfonamides is 1. The third-order valence-corrected chi connectivity index (χ3v) is 13.8. The van der Waals surface area contributed by atoms with E-state index in [2.05, 4.69) is 15.4 Å². The third-order valence-electron chi connectivity index (χ3n) is 11.9. The van der Waals surface area contributed by atoms with Crippen molar-refractivity contribution in [2.45, 2.75) is 55.0 Å². The van der Waals surface area contributed by atoms with Crippen LogP contribution in [0.4, 0.5) is 35.1 Å². The molecule has 3 aliphatic rings. The second kappa shape index (κ2) is 15.4. The van der Waals surface area contributed by atoms with Gasteiger partial charge < -0.3 is 10.1 Å². The Morgan fingerprint density at radius 3 is 2.25 bits per heavy atom. The van der Waals surface area contributed by atoms with E-state index in [1.54, 1.807) is 0 Å². The summed E-state index contributed by atoms with van der Waals surface area (Å²) >= 11 is 0. The lowest BCUT2D eigenvalue weighted by Crippen LogP contribution is -2.40. The fraction of sp³-hybridized carbons (Fsp3) is 0.302. The molecule has 1 aliphatic heterocycles. The number of hydrogen-bond donors (Lipinski definition) is 1. The number of carbonyl (C=O) groups excluding carboxylic acids is 1. The Morgan fingerprint density at radius 1 is 0.937 bits per heavy atom. The van der Waals surface area contributed by atoms with E-state index < -0.39 is 104 Å². The molecule has 11 nitrogen and oxygen atoms in total. The number of amides is 1. The summed E-state index contributed by atoms with van der Waals surface area (Å²) in [5, 5.41) is 6.20. The van der Waals surface area contributed by atoms with E-state index >= 15 is 17.6 Å². The van der Waals surface area contributed by atoms with E-state index in [0.717, 1.165) is 34.9 Å². The van der Waals surface area contributed by atoms with E-state index in [4.69, 9.17) is 4.74 Å². The number of nitrogens with zero attached hydrogens (tertiary/aromatic N) is 5. The first-order valence-corrected chi connectivity index (χ1v) is 21.0. The van der Waals surface area contributed by atoms with Gasteiger partial charge in [-0.15, -0.1) is 0 Å². The lowest BCUT2D eigenvalue weighted by Gasteiger charge is -2.26. The van der Waals surface area contributed by atoms with Crippen LogP contribution in [0.5, 0.6) is 0 Å². The molecule has 1 saturated carbocycles. The number of carbonyl (C=O) groups is 1. The summed E-state index contributed by atoms with van der Waals surface area (Å²) < 4.78 is 154. The quantitative estimate of drug-likeness (QED) is 0.136. The number of alkyl halides is 4. The van der Waals surface area contributed by atoms with Gasteiger partial charge in [-0.05, 0) is 78.2 Å². The van der Waals surface area contributed by atoms with Crippen LogP contribution in [0.1, 0.15) is 54.2 Å². The summed E-state index contributed by atoms with van der Waals surface area (Å²) in [6, 6.07) is 12.8. The molecule has 3 heterocycles. The van der Waals surface area contributed by atoms with Crippen molar-refractivity contribution >= 4 is 26.8 Å². The van der Waals surface area contributed by atoms with Crippen LogP contribution in [0.25, 0.3) is 27.7 Å². The van der Waals surface area contributed by atoms with Gasteiger partial charge in [0, 0.05) is 42.5 Å². The monoisotopic (exact) mass is 898 g/mol. The molecule has 328 valence electrons. The molecule has 3 atom stereocenters. The highest BCUT2D eigenvalue weighted by atomic mass is 32.2. The molecule has 4 aromatic carbocycles. The third kappa shape index (κ3) is 7.26. The van der Waals surface area contributed by atoms with E-state index in [-0.39, 0.29) is 76.7 Å². The van der Waals surface area contributed by atoms with Gasteiger partial charge in [0.25, 0.3) is 17.9 Å². The van der Waals surface area contributed by atoms with E-state index in [0.29, 0.717) is 10.7 Å². The minimum absolute atomic E-state index is 0.0159. The minimum Gasteiger partial charge on any atom is -0.379 e. The largest absolute Gasteiger partial charge is 0.379 e. The summed E-state index contributed by atoms with van der Waals surface area (Å²) in [5.74, 6) is -10.3. The summed E-state index contributed by atoms with van der Waals surface area (Å²) in [5.41, 5.74) is -4.96. The van der Waals surface area contributed by atoms with Gasteiger partial charge in [0.1, 0.15) is 47.0 Å². The fourth-order valence-corrected chi connectivity index (χ4v) is 10.3. The smallest absolute Gasteiger partial charge is 0.293 e. The Labute approximate surface area is 353 Å². The van der Waals surface area contributed by atoms with Crippen LogP contribution in [0, 0.1) is 29.2 Å². The van der Waals surface area contributed by atoms with Crippen LogP contribution in [0.15, 0.2) is 88.6 Å². The van der Waals surface area contributed by atoms with Crippen LogP contribution in [-0.2, 0) is 43.9 Å². The molecule has 1 N–H and O–H groups in total. The highest BCUT2D eigenvalue weighted by molar-refractivity contribution is 7.89. The van der Waals surface area contributed by atoms with Crippen molar-refractivity contribution in [1.29, 1.82) is 0 Å². The lowest BCUT2D eigenvalue weighted by atomic mass is 9.99. The summed E-state index contributed by atoms with van der Waals surface area (Å²) in [6.07, 6.45) is -3.84. The first kappa shape index (κ1) is 42.3. The van der Waals surface area contributed by atoms with E-state index in [1.807, 2.05) is 0 Å². The number of benzene rings is 4. The second-order valence-corrected chi connectivity index (χ2v) is 17.9. The summed E-state index contributed by atoms with van der Waals surface area (Å²) in [6.45, 7) is 0.904. The fourth-order valence-electron chi connectivity index (χ4n) is 8.85. The Hall–Kier alpha value is -5.99. The van der Waals surface area contributed by atoms with Crippen molar-refractivity contribution in [3.63, 3.8) is 0 Å². The molecule has 1 amide bonds.